The Morgan fingerprint density at radius 1 is 1.20 bits per heavy atom. The van der Waals surface area contributed by atoms with Crippen LogP contribution in [0.5, 0.6) is 0 Å². The summed E-state index contributed by atoms with van der Waals surface area (Å²) in [6.07, 6.45) is 3.01. The molecular formula is C15H27N5. The second kappa shape index (κ2) is 9.18. The number of guanidine groups is 1. The third-order valence-electron chi connectivity index (χ3n) is 3.12. The molecule has 1 rings (SSSR count). The van der Waals surface area contributed by atoms with Gasteiger partial charge in [0.1, 0.15) is 5.82 Å². The van der Waals surface area contributed by atoms with Gasteiger partial charge in [-0.3, -0.25) is 4.99 Å². The lowest BCUT2D eigenvalue weighted by atomic mass is 10.2. The van der Waals surface area contributed by atoms with Crippen LogP contribution in [-0.4, -0.2) is 37.6 Å². The molecule has 2 N–H and O–H groups in total. The average molecular weight is 277 g/mol. The summed E-state index contributed by atoms with van der Waals surface area (Å²) in [6, 6.07) is 4.19. The number of pyridine rings is 1. The second-order valence-electron chi connectivity index (χ2n) is 4.55. The number of hydrogen-bond donors (Lipinski definition) is 2. The fraction of sp³-hybridized carbons (Fsp3) is 0.600. The van der Waals surface area contributed by atoms with E-state index in [4.69, 9.17) is 0 Å². The molecule has 0 aliphatic rings. The van der Waals surface area contributed by atoms with Gasteiger partial charge in [-0.1, -0.05) is 13.0 Å². The number of aromatic nitrogens is 1. The molecule has 1 heterocycles. The van der Waals surface area contributed by atoms with Gasteiger partial charge in [0.25, 0.3) is 0 Å². The summed E-state index contributed by atoms with van der Waals surface area (Å²) >= 11 is 0. The zero-order valence-corrected chi connectivity index (χ0v) is 13.1. The van der Waals surface area contributed by atoms with Crippen molar-refractivity contribution in [3.8, 4) is 0 Å². The van der Waals surface area contributed by atoms with E-state index in [-0.39, 0.29) is 0 Å². The van der Waals surface area contributed by atoms with Crippen LogP contribution < -0.4 is 15.5 Å². The Hall–Kier alpha value is -1.78. The van der Waals surface area contributed by atoms with Crippen LogP contribution in [0.25, 0.3) is 0 Å². The maximum absolute atomic E-state index is 4.51. The van der Waals surface area contributed by atoms with Crippen molar-refractivity contribution in [2.45, 2.75) is 33.7 Å². The van der Waals surface area contributed by atoms with Crippen molar-refractivity contribution in [3.05, 3.63) is 23.9 Å². The van der Waals surface area contributed by atoms with Crippen LogP contribution in [0.15, 0.2) is 23.3 Å². The molecule has 0 spiro atoms. The molecule has 0 amide bonds. The summed E-state index contributed by atoms with van der Waals surface area (Å²) in [5.74, 6) is 1.87. The highest BCUT2D eigenvalue weighted by molar-refractivity contribution is 5.79. The summed E-state index contributed by atoms with van der Waals surface area (Å²) in [6.45, 7) is 10.0. The van der Waals surface area contributed by atoms with Crippen molar-refractivity contribution >= 4 is 11.8 Å². The van der Waals surface area contributed by atoms with Gasteiger partial charge in [-0.25, -0.2) is 4.98 Å². The summed E-state index contributed by atoms with van der Waals surface area (Å²) in [7, 11) is 1.78. The molecule has 1 aromatic rings. The van der Waals surface area contributed by atoms with E-state index in [0.29, 0.717) is 0 Å². The molecule has 5 heteroatoms. The van der Waals surface area contributed by atoms with Crippen molar-refractivity contribution < 1.29 is 0 Å². The normalized spacial score (nSPS) is 11.3. The van der Waals surface area contributed by atoms with Gasteiger partial charge in [0.2, 0.25) is 0 Å². The first-order valence-electron chi connectivity index (χ1n) is 7.39. The van der Waals surface area contributed by atoms with Crippen LogP contribution in [-0.2, 0) is 6.54 Å². The van der Waals surface area contributed by atoms with Crippen molar-refractivity contribution in [3.63, 3.8) is 0 Å². The van der Waals surface area contributed by atoms with E-state index < -0.39 is 0 Å². The van der Waals surface area contributed by atoms with Gasteiger partial charge in [-0.2, -0.15) is 0 Å². The standard InChI is InChI=1S/C15H27N5/c1-5-10-17-15(16-4)19-12-13-8-9-14(18-11-13)20(6-2)7-3/h8-9,11H,5-7,10,12H2,1-4H3,(H2,16,17,19). The van der Waals surface area contributed by atoms with Gasteiger partial charge in [-0.15, -0.1) is 0 Å². The Morgan fingerprint density at radius 3 is 2.45 bits per heavy atom. The summed E-state index contributed by atoms with van der Waals surface area (Å²) in [5, 5.41) is 6.53. The number of hydrogen-bond acceptors (Lipinski definition) is 3. The topological polar surface area (TPSA) is 52.6 Å². The number of nitrogens with zero attached hydrogens (tertiary/aromatic N) is 3. The van der Waals surface area contributed by atoms with Crippen LogP contribution >= 0.6 is 0 Å². The van der Waals surface area contributed by atoms with Crippen LogP contribution in [0.3, 0.4) is 0 Å². The molecule has 1 aromatic heterocycles. The summed E-state index contributed by atoms with van der Waals surface area (Å²) < 4.78 is 0. The number of aliphatic imine (C=N–C) groups is 1. The van der Waals surface area contributed by atoms with E-state index in [2.05, 4.69) is 58.4 Å². The van der Waals surface area contributed by atoms with Gasteiger partial charge < -0.3 is 15.5 Å². The van der Waals surface area contributed by atoms with Gasteiger partial charge in [0.05, 0.1) is 0 Å². The Kier molecular flexibility index (Phi) is 7.47. The third kappa shape index (κ3) is 5.07. The lowest BCUT2D eigenvalue weighted by Gasteiger charge is -2.19. The van der Waals surface area contributed by atoms with E-state index in [1.165, 1.54) is 0 Å². The van der Waals surface area contributed by atoms with Gasteiger partial charge in [-0.05, 0) is 31.9 Å². The largest absolute Gasteiger partial charge is 0.357 e. The van der Waals surface area contributed by atoms with Gasteiger partial charge in [0.15, 0.2) is 5.96 Å². The smallest absolute Gasteiger partial charge is 0.191 e. The number of rotatable bonds is 7. The van der Waals surface area contributed by atoms with Crippen LogP contribution in [0, 0.1) is 0 Å². The quantitative estimate of drug-likeness (QED) is 0.591. The second-order valence-corrected chi connectivity index (χ2v) is 4.55. The molecule has 0 aromatic carbocycles. The number of anilines is 1. The highest BCUT2D eigenvalue weighted by atomic mass is 15.2. The predicted octanol–water partition coefficient (Wildman–Crippen LogP) is 2.00. The predicted molar refractivity (Wildman–Crippen MR) is 86.3 cm³/mol. The average Bonchev–Trinajstić information content (AvgIpc) is 2.50. The van der Waals surface area contributed by atoms with Crippen molar-refractivity contribution in [1.29, 1.82) is 0 Å². The molecule has 0 fully saturated rings. The first kappa shape index (κ1) is 16.3. The molecule has 112 valence electrons. The fourth-order valence-electron chi connectivity index (χ4n) is 1.91. The van der Waals surface area contributed by atoms with Crippen molar-refractivity contribution in [2.24, 2.45) is 4.99 Å². The molecule has 0 saturated heterocycles. The lowest BCUT2D eigenvalue weighted by Crippen LogP contribution is -2.37. The van der Waals surface area contributed by atoms with Crippen molar-refractivity contribution in [2.75, 3.05) is 31.6 Å². The lowest BCUT2D eigenvalue weighted by molar-refractivity contribution is 0.779. The molecule has 0 aliphatic carbocycles. The monoisotopic (exact) mass is 277 g/mol. The number of nitrogens with one attached hydrogen (secondary N) is 2. The Balaban J connectivity index is 2.53. The first-order chi connectivity index (χ1) is 9.74. The maximum atomic E-state index is 4.51. The molecule has 0 atom stereocenters. The zero-order valence-electron chi connectivity index (χ0n) is 13.1. The molecule has 0 radical (unpaired) electrons. The summed E-state index contributed by atoms with van der Waals surface area (Å²) in [5.41, 5.74) is 1.15. The molecular weight excluding hydrogens is 250 g/mol. The minimum atomic E-state index is 0.731. The van der Waals surface area contributed by atoms with Crippen LogP contribution in [0.1, 0.15) is 32.8 Å². The van der Waals surface area contributed by atoms with E-state index in [0.717, 1.165) is 49.9 Å². The van der Waals surface area contributed by atoms with E-state index in [1.54, 1.807) is 7.05 Å². The maximum Gasteiger partial charge on any atom is 0.191 e. The molecule has 20 heavy (non-hydrogen) atoms. The molecule has 0 aliphatic heterocycles. The van der Waals surface area contributed by atoms with E-state index in [9.17, 15) is 0 Å². The van der Waals surface area contributed by atoms with Gasteiger partial charge in [0, 0.05) is 39.4 Å². The molecule has 5 nitrogen and oxygen atoms in total. The van der Waals surface area contributed by atoms with Crippen molar-refractivity contribution in [1.82, 2.24) is 15.6 Å². The molecule has 0 unspecified atom stereocenters. The first-order valence-corrected chi connectivity index (χ1v) is 7.39. The van der Waals surface area contributed by atoms with E-state index >= 15 is 0 Å². The SMILES string of the molecule is CCCNC(=NC)NCc1ccc(N(CC)CC)nc1. The Labute approximate surface area is 122 Å². The minimum absolute atomic E-state index is 0.731. The third-order valence-corrected chi connectivity index (χ3v) is 3.12. The summed E-state index contributed by atoms with van der Waals surface area (Å²) in [4.78, 5) is 10.9. The van der Waals surface area contributed by atoms with Crippen LogP contribution in [0.2, 0.25) is 0 Å². The minimum Gasteiger partial charge on any atom is -0.357 e. The highest BCUT2D eigenvalue weighted by Gasteiger charge is 2.03. The molecule has 0 saturated carbocycles. The van der Waals surface area contributed by atoms with Gasteiger partial charge >= 0.3 is 0 Å². The highest BCUT2D eigenvalue weighted by Crippen LogP contribution is 2.10. The van der Waals surface area contributed by atoms with E-state index in [1.807, 2.05) is 6.20 Å². The Morgan fingerprint density at radius 2 is 1.95 bits per heavy atom. The Bertz CT molecular complexity index is 395. The van der Waals surface area contributed by atoms with Crippen LogP contribution in [0.4, 0.5) is 5.82 Å². The fourth-order valence-corrected chi connectivity index (χ4v) is 1.91. The molecule has 0 bridgehead atoms. The zero-order chi connectivity index (χ0) is 14.8.